The molecule has 0 amide bonds. The smallest absolute Gasteiger partial charge is 0.261 e. The second-order valence-corrected chi connectivity index (χ2v) is 8.88. The number of nitrogen functional groups attached to an aromatic ring is 1. The van der Waals surface area contributed by atoms with Crippen molar-refractivity contribution in [3.63, 3.8) is 0 Å². The highest BCUT2D eigenvalue weighted by atomic mass is 35.7. The van der Waals surface area contributed by atoms with E-state index in [0.29, 0.717) is 11.1 Å². The Morgan fingerprint density at radius 1 is 0.895 bits per heavy atom. The minimum Gasteiger partial charge on any atom is -0.399 e. The maximum atomic E-state index is 11.5. The highest BCUT2D eigenvalue weighted by molar-refractivity contribution is 8.14. The van der Waals surface area contributed by atoms with Crippen LogP contribution in [0, 0.1) is 0 Å². The summed E-state index contributed by atoms with van der Waals surface area (Å²) in [5.41, 5.74) is 5.91. The summed E-state index contributed by atoms with van der Waals surface area (Å²) in [6.45, 7) is 0. The second kappa shape index (κ2) is 4.52. The quantitative estimate of drug-likeness (QED) is 0.668. The summed E-state index contributed by atoms with van der Waals surface area (Å²) in [5.74, 6) is 0. The van der Waals surface area contributed by atoms with Gasteiger partial charge in [-0.3, -0.25) is 0 Å². The fourth-order valence-corrected chi connectivity index (χ4v) is 3.62. The zero-order valence-corrected chi connectivity index (χ0v) is 12.3. The molecule has 0 atom stereocenters. The molecule has 0 unspecified atom stereocenters. The van der Waals surface area contributed by atoms with Gasteiger partial charge in [0.1, 0.15) is 0 Å². The number of nitrogens with two attached hydrogens (primary N) is 1. The van der Waals surface area contributed by atoms with Crippen molar-refractivity contribution in [3.05, 3.63) is 30.3 Å². The van der Waals surface area contributed by atoms with E-state index >= 15 is 0 Å². The monoisotopic (exact) mass is 339 g/mol. The first kappa shape index (κ1) is 14.4. The van der Waals surface area contributed by atoms with Crippen molar-refractivity contribution in [2.75, 3.05) is 5.73 Å². The first-order chi connectivity index (χ1) is 8.59. The van der Waals surface area contributed by atoms with E-state index in [9.17, 15) is 16.8 Å². The van der Waals surface area contributed by atoms with Crippen LogP contribution in [0.1, 0.15) is 0 Å². The minimum atomic E-state index is -4.14. The number of benzene rings is 2. The van der Waals surface area contributed by atoms with E-state index in [1.165, 1.54) is 24.3 Å². The van der Waals surface area contributed by atoms with Crippen LogP contribution in [0.25, 0.3) is 10.8 Å². The van der Waals surface area contributed by atoms with Crippen molar-refractivity contribution in [2.24, 2.45) is 0 Å². The second-order valence-electron chi connectivity index (χ2n) is 3.78. The SMILES string of the molecule is Nc1ccc2cc(S(=O)(=O)Cl)cc(S(=O)(=O)Cl)c2c1. The number of hydrogen-bond acceptors (Lipinski definition) is 5. The molecule has 0 aliphatic heterocycles. The molecule has 9 heteroatoms. The number of rotatable bonds is 2. The van der Waals surface area contributed by atoms with Crippen molar-refractivity contribution >= 4 is 55.9 Å². The predicted molar refractivity (Wildman–Crippen MR) is 74.4 cm³/mol. The van der Waals surface area contributed by atoms with Crippen molar-refractivity contribution in [1.29, 1.82) is 0 Å². The molecular weight excluding hydrogens is 333 g/mol. The Balaban J connectivity index is 3.01. The molecule has 5 nitrogen and oxygen atoms in total. The van der Waals surface area contributed by atoms with Gasteiger partial charge in [-0.05, 0) is 29.7 Å². The summed E-state index contributed by atoms with van der Waals surface area (Å²) in [6, 6.07) is 6.56. The molecular formula is C10H7Cl2NO4S2. The van der Waals surface area contributed by atoms with Crippen molar-refractivity contribution in [2.45, 2.75) is 9.79 Å². The molecule has 0 aliphatic rings. The molecule has 0 aliphatic carbocycles. The average molecular weight is 340 g/mol. The first-order valence-corrected chi connectivity index (χ1v) is 9.43. The number of anilines is 1. The normalized spacial score (nSPS) is 12.7. The van der Waals surface area contributed by atoms with E-state index in [4.69, 9.17) is 27.1 Å². The van der Waals surface area contributed by atoms with Gasteiger partial charge in [0.05, 0.1) is 9.79 Å². The zero-order valence-electron chi connectivity index (χ0n) is 9.17. The Kier molecular flexibility index (Phi) is 3.42. The average Bonchev–Trinajstić information content (AvgIpc) is 2.24. The fourth-order valence-electron chi connectivity index (χ4n) is 1.66. The van der Waals surface area contributed by atoms with Crippen molar-refractivity contribution in [3.8, 4) is 0 Å². The van der Waals surface area contributed by atoms with Crippen LogP contribution < -0.4 is 5.73 Å². The van der Waals surface area contributed by atoms with Crippen LogP contribution in [-0.4, -0.2) is 16.8 Å². The molecule has 0 radical (unpaired) electrons. The Morgan fingerprint density at radius 3 is 2.05 bits per heavy atom. The highest BCUT2D eigenvalue weighted by Crippen LogP contribution is 2.31. The van der Waals surface area contributed by atoms with E-state index in [1.54, 1.807) is 0 Å². The minimum absolute atomic E-state index is 0.235. The summed E-state index contributed by atoms with van der Waals surface area (Å²) in [6.07, 6.45) is 0. The maximum absolute atomic E-state index is 11.5. The molecule has 2 aromatic carbocycles. The van der Waals surface area contributed by atoms with E-state index in [0.717, 1.165) is 6.07 Å². The van der Waals surface area contributed by atoms with Gasteiger partial charge in [0.15, 0.2) is 0 Å². The van der Waals surface area contributed by atoms with E-state index in [-0.39, 0.29) is 15.2 Å². The van der Waals surface area contributed by atoms with Gasteiger partial charge in [-0.15, -0.1) is 0 Å². The lowest BCUT2D eigenvalue weighted by Crippen LogP contribution is -1.98. The van der Waals surface area contributed by atoms with Gasteiger partial charge >= 0.3 is 0 Å². The van der Waals surface area contributed by atoms with Gasteiger partial charge in [-0.25, -0.2) is 16.8 Å². The highest BCUT2D eigenvalue weighted by Gasteiger charge is 2.20. The van der Waals surface area contributed by atoms with E-state index < -0.39 is 18.1 Å². The third-order valence-corrected chi connectivity index (χ3v) is 5.15. The summed E-state index contributed by atoms with van der Waals surface area (Å²) in [7, 11) is 2.32. The van der Waals surface area contributed by atoms with Crippen molar-refractivity contribution in [1.82, 2.24) is 0 Å². The van der Waals surface area contributed by atoms with Gasteiger partial charge in [-0.1, -0.05) is 6.07 Å². The Bertz CT molecular complexity index is 876. The van der Waals surface area contributed by atoms with Gasteiger partial charge in [0.2, 0.25) is 0 Å². The Hall–Kier alpha value is -1.02. The molecule has 0 fully saturated rings. The van der Waals surface area contributed by atoms with Gasteiger partial charge in [0, 0.05) is 32.4 Å². The van der Waals surface area contributed by atoms with Crippen LogP contribution in [0.15, 0.2) is 40.1 Å². The van der Waals surface area contributed by atoms with Crippen LogP contribution in [0.2, 0.25) is 0 Å². The Morgan fingerprint density at radius 2 is 1.53 bits per heavy atom. The number of hydrogen-bond donors (Lipinski definition) is 1. The maximum Gasteiger partial charge on any atom is 0.261 e. The van der Waals surface area contributed by atoms with Crippen LogP contribution >= 0.6 is 21.4 Å². The first-order valence-electron chi connectivity index (χ1n) is 4.81. The van der Waals surface area contributed by atoms with Crippen molar-refractivity contribution < 1.29 is 16.8 Å². The molecule has 102 valence electrons. The summed E-state index contributed by atoms with van der Waals surface area (Å²) in [4.78, 5) is -0.691. The summed E-state index contributed by atoms with van der Waals surface area (Å²) < 4.78 is 45.7. The third-order valence-electron chi connectivity index (χ3n) is 2.46. The van der Waals surface area contributed by atoms with Crippen LogP contribution in [0.3, 0.4) is 0 Å². The molecule has 0 heterocycles. The zero-order chi connectivity index (χ0) is 14.4. The molecule has 0 saturated carbocycles. The molecule has 19 heavy (non-hydrogen) atoms. The topological polar surface area (TPSA) is 94.3 Å². The van der Waals surface area contributed by atoms with Gasteiger partial charge < -0.3 is 5.73 Å². The van der Waals surface area contributed by atoms with Gasteiger partial charge in [0.25, 0.3) is 18.1 Å². The largest absolute Gasteiger partial charge is 0.399 e. The lowest BCUT2D eigenvalue weighted by Gasteiger charge is -2.07. The predicted octanol–water partition coefficient (Wildman–Crippen LogP) is 2.28. The fraction of sp³-hybridized carbons (Fsp3) is 0. The van der Waals surface area contributed by atoms with Crippen LogP contribution in [0.4, 0.5) is 5.69 Å². The molecule has 0 saturated heterocycles. The summed E-state index contributed by atoms with van der Waals surface area (Å²) >= 11 is 0. The molecule has 0 spiro atoms. The Labute approximate surface area is 118 Å². The molecule has 2 N–H and O–H groups in total. The molecule has 2 aromatic rings. The standard InChI is InChI=1S/C10H7Cl2NO4S2/c11-18(14,15)8-3-6-1-2-7(13)4-9(6)10(5-8)19(12,16)17/h1-5H,13H2. The lowest BCUT2D eigenvalue weighted by molar-refractivity contribution is 0.608. The molecule has 2 rings (SSSR count). The molecule has 0 bridgehead atoms. The number of fused-ring (bicyclic) bond motifs is 1. The number of halogens is 2. The van der Waals surface area contributed by atoms with Crippen LogP contribution in [-0.2, 0) is 18.1 Å². The van der Waals surface area contributed by atoms with Gasteiger partial charge in [-0.2, -0.15) is 0 Å². The molecule has 0 aromatic heterocycles. The van der Waals surface area contributed by atoms with E-state index in [1.807, 2.05) is 0 Å². The summed E-state index contributed by atoms with van der Waals surface area (Å²) in [5, 5.41) is 0.592. The third kappa shape index (κ3) is 2.94. The van der Waals surface area contributed by atoms with Crippen LogP contribution in [0.5, 0.6) is 0 Å². The lowest BCUT2D eigenvalue weighted by atomic mass is 10.1. The van der Waals surface area contributed by atoms with E-state index in [2.05, 4.69) is 0 Å².